The molecule has 0 bridgehead atoms. The Kier molecular flexibility index (Phi) is 4.05. The molecule has 1 aromatic rings. The van der Waals surface area contributed by atoms with Crippen molar-refractivity contribution in [3.8, 4) is 0 Å². The van der Waals surface area contributed by atoms with Gasteiger partial charge in [-0.1, -0.05) is 30.3 Å². The van der Waals surface area contributed by atoms with E-state index in [0.717, 1.165) is 5.56 Å². The fourth-order valence-electron chi connectivity index (χ4n) is 1.97. The van der Waals surface area contributed by atoms with Crippen LogP contribution in [0, 0.1) is 5.92 Å². The van der Waals surface area contributed by atoms with Gasteiger partial charge in [-0.2, -0.15) is 0 Å². The van der Waals surface area contributed by atoms with Gasteiger partial charge in [-0.25, -0.2) is 0 Å². The lowest BCUT2D eigenvalue weighted by atomic mass is 9.95. The maximum absolute atomic E-state index is 12.0. The zero-order valence-electron chi connectivity index (χ0n) is 10.7. The van der Waals surface area contributed by atoms with Crippen molar-refractivity contribution in [3.63, 3.8) is 0 Å². The van der Waals surface area contributed by atoms with Gasteiger partial charge in [0, 0.05) is 0 Å². The van der Waals surface area contributed by atoms with Crippen molar-refractivity contribution >= 4 is 11.9 Å². The van der Waals surface area contributed by atoms with E-state index in [0.29, 0.717) is 0 Å². The summed E-state index contributed by atoms with van der Waals surface area (Å²) >= 11 is 0. The number of hydrogen-bond acceptors (Lipinski definition) is 5. The molecule has 0 aliphatic carbocycles. The number of benzene rings is 1. The number of rotatable bonds is 5. The fourth-order valence-corrected chi connectivity index (χ4v) is 1.97. The Labute approximate surface area is 115 Å². The number of nitrogens with two attached hydrogens (primary N) is 1. The highest BCUT2D eigenvalue weighted by molar-refractivity contribution is 5.78. The van der Waals surface area contributed by atoms with E-state index in [1.54, 1.807) is 0 Å². The molecule has 0 radical (unpaired) electrons. The van der Waals surface area contributed by atoms with Crippen LogP contribution in [0.3, 0.4) is 0 Å². The van der Waals surface area contributed by atoms with Gasteiger partial charge < -0.3 is 14.6 Å². The molecule has 3 N–H and O–H groups in total. The van der Waals surface area contributed by atoms with Crippen molar-refractivity contribution in [2.24, 2.45) is 11.7 Å². The Bertz CT molecular complexity index is 528. The molecule has 0 fully saturated rings. The van der Waals surface area contributed by atoms with Crippen LogP contribution in [0.2, 0.25) is 0 Å². The van der Waals surface area contributed by atoms with Gasteiger partial charge in [0.2, 0.25) is 0 Å². The van der Waals surface area contributed by atoms with Crippen LogP contribution in [0.1, 0.15) is 12.0 Å². The second-order valence-corrected chi connectivity index (χ2v) is 4.54. The van der Waals surface area contributed by atoms with Crippen molar-refractivity contribution in [3.05, 3.63) is 48.2 Å². The van der Waals surface area contributed by atoms with E-state index < -0.39 is 30.0 Å². The van der Waals surface area contributed by atoms with Crippen LogP contribution in [-0.4, -0.2) is 22.8 Å². The maximum atomic E-state index is 12.0. The van der Waals surface area contributed by atoms with Gasteiger partial charge >= 0.3 is 11.9 Å². The summed E-state index contributed by atoms with van der Waals surface area (Å²) in [6.07, 6.45) is 2.17. The van der Waals surface area contributed by atoms with E-state index in [9.17, 15) is 9.59 Å². The Morgan fingerprint density at radius 2 is 2.05 bits per heavy atom. The third kappa shape index (κ3) is 3.16. The SMILES string of the molecule is N[C@]1(CC(=O)O)OC=C[C@H]1C(=O)OCc1ccccc1. The summed E-state index contributed by atoms with van der Waals surface area (Å²) in [6.45, 7) is 0.104. The first-order valence-electron chi connectivity index (χ1n) is 6.07. The summed E-state index contributed by atoms with van der Waals surface area (Å²) in [7, 11) is 0. The molecular weight excluding hydrogens is 262 g/mol. The molecule has 0 amide bonds. The van der Waals surface area contributed by atoms with Crippen LogP contribution in [0.5, 0.6) is 0 Å². The minimum atomic E-state index is -1.58. The molecule has 6 nitrogen and oxygen atoms in total. The first-order valence-corrected chi connectivity index (χ1v) is 6.07. The van der Waals surface area contributed by atoms with Crippen LogP contribution in [-0.2, 0) is 25.7 Å². The number of carboxylic acids is 1. The fraction of sp³-hybridized carbons (Fsp3) is 0.286. The highest BCUT2D eigenvalue weighted by Gasteiger charge is 2.46. The van der Waals surface area contributed by atoms with E-state index in [1.165, 1.54) is 12.3 Å². The van der Waals surface area contributed by atoms with Gasteiger partial charge in [0.1, 0.15) is 18.9 Å². The Morgan fingerprint density at radius 3 is 2.70 bits per heavy atom. The van der Waals surface area contributed by atoms with Gasteiger partial charge in [0.05, 0.1) is 6.26 Å². The van der Waals surface area contributed by atoms with E-state index in [1.807, 2.05) is 30.3 Å². The zero-order valence-corrected chi connectivity index (χ0v) is 10.7. The second kappa shape index (κ2) is 5.75. The molecule has 1 aliphatic heterocycles. The maximum Gasteiger partial charge on any atom is 0.318 e. The van der Waals surface area contributed by atoms with Gasteiger partial charge in [0.15, 0.2) is 5.72 Å². The number of carbonyl (C=O) groups is 2. The molecule has 6 heteroatoms. The number of esters is 1. The van der Waals surface area contributed by atoms with Gasteiger partial charge in [-0.3, -0.25) is 15.3 Å². The van der Waals surface area contributed by atoms with E-state index >= 15 is 0 Å². The average molecular weight is 277 g/mol. The topological polar surface area (TPSA) is 98.9 Å². The predicted molar refractivity (Wildman–Crippen MR) is 69.1 cm³/mol. The number of hydrogen-bond donors (Lipinski definition) is 2. The summed E-state index contributed by atoms with van der Waals surface area (Å²) in [5.41, 5.74) is 5.06. The molecule has 2 atom stereocenters. The van der Waals surface area contributed by atoms with Crippen LogP contribution in [0.15, 0.2) is 42.7 Å². The number of carboxylic acid groups (broad SMARTS) is 1. The number of ether oxygens (including phenoxy) is 2. The molecule has 20 heavy (non-hydrogen) atoms. The molecule has 0 saturated carbocycles. The lowest BCUT2D eigenvalue weighted by Crippen LogP contribution is -2.50. The Balaban J connectivity index is 1.97. The first kappa shape index (κ1) is 14.1. The largest absolute Gasteiger partial charge is 0.481 e. The normalized spacial score (nSPS) is 24.1. The van der Waals surface area contributed by atoms with Gasteiger partial charge in [-0.15, -0.1) is 0 Å². The summed E-state index contributed by atoms with van der Waals surface area (Å²) in [6, 6.07) is 9.16. The summed E-state index contributed by atoms with van der Waals surface area (Å²) in [4.78, 5) is 22.8. The minimum absolute atomic E-state index is 0.104. The molecule has 0 saturated heterocycles. The van der Waals surface area contributed by atoms with Crippen molar-refractivity contribution in [2.75, 3.05) is 0 Å². The second-order valence-electron chi connectivity index (χ2n) is 4.54. The molecule has 0 unspecified atom stereocenters. The van der Waals surface area contributed by atoms with Crippen LogP contribution >= 0.6 is 0 Å². The van der Waals surface area contributed by atoms with Crippen molar-refractivity contribution in [1.82, 2.24) is 0 Å². The van der Waals surface area contributed by atoms with Gasteiger partial charge in [0.25, 0.3) is 0 Å². The summed E-state index contributed by atoms with van der Waals surface area (Å²) in [5, 5.41) is 8.81. The number of aliphatic carboxylic acids is 1. The van der Waals surface area contributed by atoms with Crippen molar-refractivity contribution in [1.29, 1.82) is 0 Å². The molecular formula is C14H15NO5. The molecule has 0 aromatic heterocycles. The average Bonchev–Trinajstić information content (AvgIpc) is 2.78. The quantitative estimate of drug-likeness (QED) is 0.780. The smallest absolute Gasteiger partial charge is 0.318 e. The standard InChI is InChI=1S/C14H15NO5/c15-14(8-12(16)17)11(6-7-20-14)13(18)19-9-10-4-2-1-3-5-10/h1-7,11H,8-9,15H2,(H,16,17)/t11-,14+/m0/s1. The Morgan fingerprint density at radius 1 is 1.35 bits per heavy atom. The van der Waals surface area contributed by atoms with Crippen molar-refractivity contribution in [2.45, 2.75) is 18.8 Å². The number of carbonyl (C=O) groups excluding carboxylic acids is 1. The highest BCUT2D eigenvalue weighted by atomic mass is 16.5. The van der Waals surface area contributed by atoms with Crippen molar-refractivity contribution < 1.29 is 24.2 Å². The predicted octanol–water partition coefficient (Wildman–Crippen LogP) is 1.02. The van der Waals surface area contributed by atoms with Gasteiger partial charge in [-0.05, 0) is 11.6 Å². The zero-order chi connectivity index (χ0) is 14.6. The molecule has 106 valence electrons. The molecule has 1 heterocycles. The molecule has 2 rings (SSSR count). The highest BCUT2D eigenvalue weighted by Crippen LogP contribution is 2.29. The van der Waals surface area contributed by atoms with Crippen LogP contribution in [0.25, 0.3) is 0 Å². The lowest BCUT2D eigenvalue weighted by molar-refractivity contribution is -0.158. The summed E-state index contributed by atoms with van der Waals surface area (Å²) in [5.74, 6) is -2.68. The molecule has 1 aliphatic rings. The first-order chi connectivity index (χ1) is 9.51. The molecule has 1 aromatic carbocycles. The van der Waals surface area contributed by atoms with Crippen LogP contribution < -0.4 is 5.73 Å². The van der Waals surface area contributed by atoms with Crippen LogP contribution in [0.4, 0.5) is 0 Å². The summed E-state index contributed by atoms with van der Waals surface area (Å²) < 4.78 is 10.2. The third-order valence-electron chi connectivity index (χ3n) is 2.99. The van der Waals surface area contributed by atoms with E-state index in [4.69, 9.17) is 20.3 Å². The molecule has 0 spiro atoms. The lowest BCUT2D eigenvalue weighted by Gasteiger charge is -2.27. The van der Waals surface area contributed by atoms with E-state index in [-0.39, 0.29) is 6.61 Å². The third-order valence-corrected chi connectivity index (χ3v) is 2.99. The van der Waals surface area contributed by atoms with E-state index in [2.05, 4.69) is 0 Å². The minimum Gasteiger partial charge on any atom is -0.481 e. The Hall–Kier alpha value is -2.34. The monoisotopic (exact) mass is 277 g/mol.